The van der Waals surface area contributed by atoms with Crippen LogP contribution in [0.15, 0.2) is 12.2 Å². The van der Waals surface area contributed by atoms with Crippen molar-refractivity contribution >= 4 is 16.0 Å². The van der Waals surface area contributed by atoms with Crippen LogP contribution in [0, 0.1) is 0 Å². The first kappa shape index (κ1) is 14.9. The zero-order valence-electron chi connectivity index (χ0n) is 8.30. The van der Waals surface area contributed by atoms with Gasteiger partial charge in [-0.25, -0.2) is 17.9 Å². The van der Waals surface area contributed by atoms with Gasteiger partial charge >= 0.3 is 12.1 Å². The van der Waals surface area contributed by atoms with Crippen LogP contribution in [0.25, 0.3) is 0 Å². The number of hydrogen-bond acceptors (Lipinski definition) is 4. The van der Waals surface area contributed by atoms with Crippen LogP contribution in [0.2, 0.25) is 0 Å². The maximum atomic E-state index is 11.9. The lowest BCUT2D eigenvalue weighted by atomic mass is 10.3. The van der Waals surface area contributed by atoms with Crippen LogP contribution < -0.4 is 4.72 Å². The van der Waals surface area contributed by atoms with Gasteiger partial charge < -0.3 is 4.74 Å². The zero-order valence-corrected chi connectivity index (χ0v) is 9.11. The van der Waals surface area contributed by atoms with Gasteiger partial charge in [0.1, 0.15) is 12.2 Å². The van der Waals surface area contributed by atoms with Crippen molar-refractivity contribution in [2.45, 2.75) is 6.18 Å². The third-order valence-electron chi connectivity index (χ3n) is 1.29. The van der Waals surface area contributed by atoms with Gasteiger partial charge in [-0.2, -0.15) is 13.2 Å². The summed E-state index contributed by atoms with van der Waals surface area (Å²) in [5.41, 5.74) is -1.63. The Hall–Kier alpha value is -1.09. The van der Waals surface area contributed by atoms with E-state index in [2.05, 4.69) is 11.3 Å². The first-order chi connectivity index (χ1) is 7.04. The summed E-state index contributed by atoms with van der Waals surface area (Å²) in [6, 6.07) is 0. The summed E-state index contributed by atoms with van der Waals surface area (Å²) >= 11 is 0. The Balaban J connectivity index is 3.97. The Morgan fingerprint density at radius 2 is 1.94 bits per heavy atom. The molecule has 0 amide bonds. The van der Waals surface area contributed by atoms with Crippen molar-refractivity contribution in [2.75, 3.05) is 19.4 Å². The van der Waals surface area contributed by atoms with Gasteiger partial charge in [0.25, 0.3) is 0 Å². The Kier molecular flexibility index (Phi) is 4.94. The number of nitrogens with one attached hydrogen (secondary N) is 1. The summed E-state index contributed by atoms with van der Waals surface area (Å²) in [5, 5.41) is 0. The van der Waals surface area contributed by atoms with E-state index in [1.165, 1.54) is 0 Å². The average molecular weight is 261 g/mol. The number of carbonyl (C=O) groups excluding carboxylic acids is 1. The first-order valence-corrected chi connectivity index (χ1v) is 5.81. The van der Waals surface area contributed by atoms with Crippen molar-refractivity contribution in [1.29, 1.82) is 0 Å². The fourth-order valence-electron chi connectivity index (χ4n) is 0.574. The summed E-state index contributed by atoms with van der Waals surface area (Å²) < 4.78 is 62.8. The van der Waals surface area contributed by atoms with Gasteiger partial charge in [0.2, 0.25) is 10.0 Å². The number of esters is 1. The molecule has 0 aromatic carbocycles. The lowest BCUT2D eigenvalue weighted by Crippen LogP contribution is -2.28. The SMILES string of the molecule is C=C(C(=O)OCCNS(C)(=O)=O)C(F)(F)F. The molecule has 0 saturated carbocycles. The molecule has 0 heterocycles. The minimum absolute atomic E-state index is 0.296. The summed E-state index contributed by atoms with van der Waals surface area (Å²) in [4.78, 5) is 10.7. The van der Waals surface area contributed by atoms with Gasteiger partial charge in [0.05, 0.1) is 6.26 Å². The second-order valence-electron chi connectivity index (χ2n) is 2.78. The second kappa shape index (κ2) is 5.30. The number of alkyl halides is 3. The van der Waals surface area contributed by atoms with Gasteiger partial charge in [-0.05, 0) is 0 Å². The highest BCUT2D eigenvalue weighted by molar-refractivity contribution is 7.88. The highest BCUT2D eigenvalue weighted by Crippen LogP contribution is 2.24. The van der Waals surface area contributed by atoms with E-state index in [4.69, 9.17) is 0 Å². The molecule has 1 N–H and O–H groups in total. The van der Waals surface area contributed by atoms with Gasteiger partial charge in [-0.1, -0.05) is 6.58 Å². The molecule has 0 aromatic rings. The fourth-order valence-corrected chi connectivity index (χ4v) is 1.03. The average Bonchev–Trinajstić information content (AvgIpc) is 2.07. The summed E-state index contributed by atoms with van der Waals surface area (Å²) in [6.45, 7) is 1.72. The van der Waals surface area contributed by atoms with Crippen molar-refractivity contribution in [3.63, 3.8) is 0 Å². The quantitative estimate of drug-likeness (QED) is 0.436. The lowest BCUT2D eigenvalue weighted by molar-refractivity contribution is -0.150. The van der Waals surface area contributed by atoms with E-state index in [1.807, 2.05) is 4.72 Å². The predicted molar refractivity (Wildman–Crippen MR) is 49.0 cm³/mol. The van der Waals surface area contributed by atoms with E-state index in [9.17, 15) is 26.4 Å². The minimum Gasteiger partial charge on any atom is -0.461 e. The molecule has 0 aliphatic heterocycles. The first-order valence-electron chi connectivity index (χ1n) is 3.92. The molecule has 5 nitrogen and oxygen atoms in total. The Morgan fingerprint density at radius 3 is 2.31 bits per heavy atom. The van der Waals surface area contributed by atoms with E-state index in [1.54, 1.807) is 0 Å². The second-order valence-corrected chi connectivity index (χ2v) is 4.61. The molecule has 0 atom stereocenters. The Labute approximate surface area is 90.3 Å². The molecule has 0 saturated heterocycles. The highest BCUT2D eigenvalue weighted by atomic mass is 32.2. The zero-order chi connectivity index (χ0) is 13.0. The monoisotopic (exact) mass is 261 g/mol. The minimum atomic E-state index is -4.85. The van der Waals surface area contributed by atoms with E-state index >= 15 is 0 Å². The van der Waals surface area contributed by atoms with Gasteiger partial charge in [-0.15, -0.1) is 0 Å². The van der Waals surface area contributed by atoms with Gasteiger partial charge in [0.15, 0.2) is 0 Å². The molecule has 0 unspecified atom stereocenters. The largest absolute Gasteiger partial charge is 0.461 e. The van der Waals surface area contributed by atoms with Crippen LogP contribution >= 0.6 is 0 Å². The maximum Gasteiger partial charge on any atom is 0.422 e. The van der Waals surface area contributed by atoms with Crippen LogP contribution in [0.1, 0.15) is 0 Å². The number of ether oxygens (including phenoxy) is 1. The molecule has 0 fully saturated rings. The molecule has 0 rings (SSSR count). The smallest absolute Gasteiger partial charge is 0.422 e. The molecule has 0 aromatic heterocycles. The summed E-state index contributed by atoms with van der Waals surface area (Å²) in [5.74, 6) is -1.62. The summed E-state index contributed by atoms with van der Waals surface area (Å²) in [6.07, 6.45) is -3.98. The molecule has 0 radical (unpaired) electrons. The van der Waals surface area contributed by atoms with Crippen LogP contribution in [0.4, 0.5) is 13.2 Å². The van der Waals surface area contributed by atoms with E-state index in [-0.39, 0.29) is 6.54 Å². The predicted octanol–water partition coefficient (Wildman–Crippen LogP) is 0.197. The topological polar surface area (TPSA) is 72.5 Å². The number of halogens is 3. The van der Waals surface area contributed by atoms with Gasteiger partial charge in [0, 0.05) is 6.54 Å². The van der Waals surface area contributed by atoms with Crippen LogP contribution in [-0.4, -0.2) is 40.0 Å². The molecule has 94 valence electrons. The third kappa shape index (κ3) is 6.40. The number of rotatable bonds is 5. The molecule has 9 heteroatoms. The van der Waals surface area contributed by atoms with E-state index in [0.717, 1.165) is 6.26 Å². The molecular weight excluding hydrogens is 251 g/mol. The van der Waals surface area contributed by atoms with Crippen molar-refractivity contribution < 1.29 is 31.1 Å². The number of sulfonamides is 1. The summed E-state index contributed by atoms with van der Waals surface area (Å²) in [7, 11) is -3.46. The van der Waals surface area contributed by atoms with Crippen molar-refractivity contribution in [2.24, 2.45) is 0 Å². The van der Waals surface area contributed by atoms with Crippen LogP contribution in [0.5, 0.6) is 0 Å². The Bertz CT molecular complexity index is 374. The molecular formula is C7H10F3NO4S. The maximum absolute atomic E-state index is 11.9. The number of carbonyl (C=O) groups is 1. The lowest BCUT2D eigenvalue weighted by Gasteiger charge is -2.09. The molecule has 16 heavy (non-hydrogen) atoms. The van der Waals surface area contributed by atoms with Crippen LogP contribution in [-0.2, 0) is 19.6 Å². The van der Waals surface area contributed by atoms with Crippen molar-refractivity contribution in [3.05, 3.63) is 12.2 Å². The standard InChI is InChI=1S/C7H10F3NO4S/c1-5(7(8,9)10)6(12)15-4-3-11-16(2,13)14/h11H,1,3-4H2,2H3. The molecule has 0 aliphatic carbocycles. The molecule has 0 aliphatic rings. The van der Waals surface area contributed by atoms with Crippen LogP contribution in [0.3, 0.4) is 0 Å². The van der Waals surface area contributed by atoms with E-state index < -0.39 is 34.3 Å². The fraction of sp³-hybridized carbons (Fsp3) is 0.571. The third-order valence-corrected chi connectivity index (χ3v) is 2.02. The normalized spacial score (nSPS) is 12.2. The molecule has 0 bridgehead atoms. The Morgan fingerprint density at radius 1 is 1.44 bits per heavy atom. The van der Waals surface area contributed by atoms with Gasteiger partial charge in [-0.3, -0.25) is 0 Å². The highest BCUT2D eigenvalue weighted by Gasteiger charge is 2.37. The molecule has 0 spiro atoms. The number of hydrogen-bond donors (Lipinski definition) is 1. The van der Waals surface area contributed by atoms with E-state index in [0.29, 0.717) is 0 Å². The van der Waals surface area contributed by atoms with Crippen molar-refractivity contribution in [1.82, 2.24) is 4.72 Å². The van der Waals surface area contributed by atoms with Crippen molar-refractivity contribution in [3.8, 4) is 0 Å².